The highest BCUT2D eigenvalue weighted by atomic mass is 16.4. The normalized spacial score (nSPS) is 13.4. The Bertz CT molecular complexity index is 428. The smallest absolute Gasteiger partial charge is 0.231 e. The molecule has 0 radical (unpaired) electrons. The van der Waals surface area contributed by atoms with Crippen molar-refractivity contribution in [2.75, 3.05) is 6.54 Å². The molecule has 0 aliphatic carbocycles. The van der Waals surface area contributed by atoms with Crippen molar-refractivity contribution in [3.63, 3.8) is 0 Å². The molecule has 112 valence electrons. The van der Waals surface area contributed by atoms with E-state index in [1.54, 1.807) is 12.5 Å². The number of imidazole rings is 1. The number of carbonyl (C=O) groups is 1. The van der Waals surface area contributed by atoms with Gasteiger partial charge in [0.15, 0.2) is 5.84 Å². The number of amides is 1. The zero-order valence-corrected chi connectivity index (χ0v) is 12.0. The van der Waals surface area contributed by atoms with Crippen molar-refractivity contribution in [2.45, 2.75) is 33.2 Å². The van der Waals surface area contributed by atoms with Crippen LogP contribution in [-0.2, 0) is 11.3 Å². The van der Waals surface area contributed by atoms with Gasteiger partial charge in [-0.1, -0.05) is 19.0 Å². The van der Waals surface area contributed by atoms with E-state index in [2.05, 4.69) is 15.5 Å². The largest absolute Gasteiger partial charge is 0.409 e. The minimum Gasteiger partial charge on any atom is -0.409 e. The molecule has 0 fully saturated rings. The minimum atomic E-state index is -0.589. The standard InChI is InChI=1S/C13H23N5O2/c1-10(2)11(12(14)17-20)13(19)16-5-3-4-7-18-8-6-15-9-18/h6,8-11,20H,3-5,7H2,1-2H3,(H2,14,17)(H,16,19). The monoisotopic (exact) mass is 281 g/mol. The van der Waals surface area contributed by atoms with Crippen molar-refractivity contribution in [1.82, 2.24) is 14.9 Å². The number of aromatic nitrogens is 2. The van der Waals surface area contributed by atoms with Crippen molar-refractivity contribution in [2.24, 2.45) is 22.7 Å². The third-order valence-corrected chi connectivity index (χ3v) is 3.08. The predicted octanol–water partition coefficient (Wildman–Crippen LogP) is 0.798. The summed E-state index contributed by atoms with van der Waals surface area (Å²) in [4.78, 5) is 15.9. The van der Waals surface area contributed by atoms with E-state index >= 15 is 0 Å². The Morgan fingerprint density at radius 1 is 1.50 bits per heavy atom. The van der Waals surface area contributed by atoms with Crippen LogP contribution in [0.15, 0.2) is 23.9 Å². The second-order valence-electron chi connectivity index (χ2n) is 5.05. The van der Waals surface area contributed by atoms with Gasteiger partial charge in [-0.3, -0.25) is 4.79 Å². The van der Waals surface area contributed by atoms with Gasteiger partial charge in [-0.15, -0.1) is 0 Å². The highest BCUT2D eigenvalue weighted by molar-refractivity contribution is 6.02. The lowest BCUT2D eigenvalue weighted by Crippen LogP contribution is -2.42. The fourth-order valence-electron chi connectivity index (χ4n) is 2.00. The van der Waals surface area contributed by atoms with E-state index in [0.29, 0.717) is 6.54 Å². The number of aryl methyl sites for hydroxylation is 1. The molecule has 0 aliphatic rings. The van der Waals surface area contributed by atoms with Crippen LogP contribution in [0.1, 0.15) is 26.7 Å². The van der Waals surface area contributed by atoms with Crippen molar-refractivity contribution in [3.05, 3.63) is 18.7 Å². The Labute approximate surface area is 118 Å². The van der Waals surface area contributed by atoms with Gasteiger partial charge in [0.1, 0.15) is 5.92 Å². The number of unbranched alkanes of at least 4 members (excludes halogenated alkanes) is 1. The Kier molecular flexibility index (Phi) is 6.55. The zero-order valence-electron chi connectivity index (χ0n) is 12.0. The van der Waals surface area contributed by atoms with Crippen LogP contribution in [-0.4, -0.2) is 33.0 Å². The fraction of sp³-hybridized carbons (Fsp3) is 0.615. The molecule has 0 saturated heterocycles. The maximum atomic E-state index is 12.0. The third-order valence-electron chi connectivity index (χ3n) is 3.08. The molecule has 0 aromatic carbocycles. The van der Waals surface area contributed by atoms with Gasteiger partial charge in [-0.05, 0) is 18.8 Å². The van der Waals surface area contributed by atoms with Crippen LogP contribution >= 0.6 is 0 Å². The van der Waals surface area contributed by atoms with Crippen molar-refractivity contribution < 1.29 is 10.0 Å². The van der Waals surface area contributed by atoms with Gasteiger partial charge in [0.05, 0.1) is 6.33 Å². The molecule has 1 heterocycles. The first-order valence-corrected chi connectivity index (χ1v) is 6.77. The summed E-state index contributed by atoms with van der Waals surface area (Å²) in [5, 5.41) is 14.4. The Hall–Kier alpha value is -2.05. The molecule has 1 rings (SSSR count). The summed E-state index contributed by atoms with van der Waals surface area (Å²) in [6.07, 6.45) is 7.24. The number of nitrogens with zero attached hydrogens (tertiary/aromatic N) is 3. The summed E-state index contributed by atoms with van der Waals surface area (Å²) in [5.41, 5.74) is 5.54. The molecule has 7 heteroatoms. The number of nitrogens with one attached hydrogen (secondary N) is 1. The molecule has 0 bridgehead atoms. The molecule has 0 spiro atoms. The third kappa shape index (κ3) is 4.91. The average Bonchev–Trinajstić information content (AvgIpc) is 2.91. The van der Waals surface area contributed by atoms with Gasteiger partial charge in [-0.25, -0.2) is 4.98 Å². The van der Waals surface area contributed by atoms with Crippen molar-refractivity contribution in [1.29, 1.82) is 0 Å². The lowest BCUT2D eigenvalue weighted by atomic mass is 9.94. The molecule has 1 unspecified atom stereocenters. The van der Waals surface area contributed by atoms with Crippen LogP contribution in [0.3, 0.4) is 0 Å². The number of hydrogen-bond donors (Lipinski definition) is 3. The van der Waals surface area contributed by atoms with E-state index in [0.717, 1.165) is 19.4 Å². The molecular formula is C13H23N5O2. The van der Waals surface area contributed by atoms with E-state index in [9.17, 15) is 4.79 Å². The SMILES string of the molecule is CC(C)C(C(=O)NCCCCn1ccnc1)C(N)=NO. The van der Waals surface area contributed by atoms with Gasteiger partial charge in [0.25, 0.3) is 0 Å². The predicted molar refractivity (Wildman–Crippen MR) is 76.2 cm³/mol. The number of nitrogens with two attached hydrogens (primary N) is 1. The number of rotatable bonds is 8. The van der Waals surface area contributed by atoms with E-state index in [1.165, 1.54) is 0 Å². The highest BCUT2D eigenvalue weighted by Crippen LogP contribution is 2.11. The molecular weight excluding hydrogens is 258 g/mol. The van der Waals surface area contributed by atoms with Crippen LogP contribution in [0.4, 0.5) is 0 Å². The fourth-order valence-corrected chi connectivity index (χ4v) is 2.00. The van der Waals surface area contributed by atoms with E-state index in [-0.39, 0.29) is 17.7 Å². The summed E-state index contributed by atoms with van der Waals surface area (Å²) in [6, 6.07) is 0. The van der Waals surface area contributed by atoms with Gasteiger partial charge in [0, 0.05) is 25.5 Å². The van der Waals surface area contributed by atoms with Crippen LogP contribution < -0.4 is 11.1 Å². The topological polar surface area (TPSA) is 106 Å². The first-order valence-electron chi connectivity index (χ1n) is 6.77. The second-order valence-corrected chi connectivity index (χ2v) is 5.05. The molecule has 1 amide bonds. The number of amidine groups is 1. The Morgan fingerprint density at radius 2 is 2.25 bits per heavy atom. The van der Waals surface area contributed by atoms with Crippen LogP contribution in [0.2, 0.25) is 0 Å². The van der Waals surface area contributed by atoms with E-state index < -0.39 is 5.92 Å². The van der Waals surface area contributed by atoms with Gasteiger partial charge >= 0.3 is 0 Å². The number of carbonyl (C=O) groups excluding carboxylic acids is 1. The zero-order chi connectivity index (χ0) is 15.0. The van der Waals surface area contributed by atoms with E-state index in [4.69, 9.17) is 10.9 Å². The molecule has 4 N–H and O–H groups in total. The molecule has 1 aromatic rings. The van der Waals surface area contributed by atoms with Crippen molar-refractivity contribution in [3.8, 4) is 0 Å². The first-order chi connectivity index (χ1) is 9.56. The summed E-state index contributed by atoms with van der Waals surface area (Å²) in [7, 11) is 0. The van der Waals surface area contributed by atoms with Gasteiger partial charge in [0.2, 0.25) is 5.91 Å². The van der Waals surface area contributed by atoms with Crippen LogP contribution in [0.25, 0.3) is 0 Å². The maximum absolute atomic E-state index is 12.0. The lowest BCUT2D eigenvalue weighted by molar-refractivity contribution is -0.124. The van der Waals surface area contributed by atoms with Gasteiger partial charge < -0.3 is 20.8 Å². The summed E-state index contributed by atoms with van der Waals surface area (Å²) < 4.78 is 2.00. The molecule has 1 atom stereocenters. The summed E-state index contributed by atoms with van der Waals surface area (Å²) >= 11 is 0. The minimum absolute atomic E-state index is 0.0168. The Morgan fingerprint density at radius 3 is 2.80 bits per heavy atom. The van der Waals surface area contributed by atoms with Gasteiger partial charge in [-0.2, -0.15) is 0 Å². The second kappa shape index (κ2) is 8.19. The molecule has 7 nitrogen and oxygen atoms in total. The maximum Gasteiger partial charge on any atom is 0.231 e. The number of hydrogen-bond acceptors (Lipinski definition) is 4. The number of oxime groups is 1. The highest BCUT2D eigenvalue weighted by Gasteiger charge is 2.26. The lowest BCUT2D eigenvalue weighted by Gasteiger charge is -2.18. The average molecular weight is 281 g/mol. The quantitative estimate of drug-likeness (QED) is 0.215. The molecule has 1 aromatic heterocycles. The van der Waals surface area contributed by atoms with Crippen LogP contribution in [0, 0.1) is 11.8 Å². The Balaban J connectivity index is 2.27. The first kappa shape index (κ1) is 16.0. The molecule has 20 heavy (non-hydrogen) atoms. The summed E-state index contributed by atoms with van der Waals surface area (Å²) in [6.45, 7) is 5.18. The van der Waals surface area contributed by atoms with Crippen LogP contribution in [0.5, 0.6) is 0 Å². The molecule has 0 aliphatic heterocycles. The van der Waals surface area contributed by atoms with Crippen molar-refractivity contribution >= 4 is 11.7 Å². The van der Waals surface area contributed by atoms with E-state index in [1.807, 2.05) is 24.6 Å². The summed E-state index contributed by atoms with van der Waals surface area (Å²) in [5.74, 6) is -0.848. The molecule has 0 saturated carbocycles.